The second kappa shape index (κ2) is 5.23. The molecule has 7 nitrogen and oxygen atoms in total. The van der Waals surface area contributed by atoms with Crippen LogP contribution >= 0.6 is 0 Å². The normalized spacial score (nSPS) is 10.4. The van der Waals surface area contributed by atoms with Gasteiger partial charge in [0, 0.05) is 13.1 Å². The predicted octanol–water partition coefficient (Wildman–Crippen LogP) is 0.144. The molecule has 0 amide bonds. The van der Waals surface area contributed by atoms with Crippen molar-refractivity contribution in [3.8, 4) is 6.07 Å². The van der Waals surface area contributed by atoms with Gasteiger partial charge in [-0.15, -0.1) is 0 Å². The Hall–Kier alpha value is -2.20. The van der Waals surface area contributed by atoms with Crippen molar-refractivity contribution in [2.45, 2.75) is 13.0 Å². The molecular formula is C10H12N6O. The summed E-state index contributed by atoms with van der Waals surface area (Å²) in [4.78, 5) is 12.4. The maximum Gasteiger partial charge on any atom is 0.165 e. The molecule has 2 aromatic heterocycles. The lowest BCUT2D eigenvalue weighted by Crippen LogP contribution is -2.08. The van der Waals surface area contributed by atoms with Crippen molar-refractivity contribution in [1.29, 1.82) is 5.26 Å². The molecule has 0 bridgehead atoms. The molecule has 2 N–H and O–H groups in total. The van der Waals surface area contributed by atoms with Gasteiger partial charge in [-0.1, -0.05) is 0 Å². The largest absolute Gasteiger partial charge is 0.395 e. The fourth-order valence-corrected chi connectivity index (χ4v) is 1.52. The fraction of sp³-hybridized carbons (Fsp3) is 0.400. The Balaban J connectivity index is 2.32. The number of rotatable bonds is 5. The third-order valence-corrected chi connectivity index (χ3v) is 2.27. The average molecular weight is 232 g/mol. The number of nitrogens with zero attached hydrogens (tertiary/aromatic N) is 5. The Bertz CT molecular complexity index is 543. The lowest BCUT2D eigenvalue weighted by atomic mass is 10.4. The van der Waals surface area contributed by atoms with E-state index in [9.17, 15) is 0 Å². The van der Waals surface area contributed by atoms with Crippen LogP contribution in [0.1, 0.15) is 6.42 Å². The monoisotopic (exact) mass is 232 g/mol. The standard InChI is InChI=1S/C10H12N6O/c11-2-1-4-16-7-15-8-9(12-3-5-17)13-6-14-10(8)16/h6-7,17H,1,3-5H2,(H,12,13,14). The summed E-state index contributed by atoms with van der Waals surface area (Å²) in [5.41, 5.74) is 1.34. The molecule has 0 unspecified atom stereocenters. The first-order valence-electron chi connectivity index (χ1n) is 5.24. The molecule has 0 atom stereocenters. The highest BCUT2D eigenvalue weighted by Gasteiger charge is 2.08. The van der Waals surface area contributed by atoms with Gasteiger partial charge in [-0.25, -0.2) is 15.0 Å². The van der Waals surface area contributed by atoms with Gasteiger partial charge in [0.15, 0.2) is 11.5 Å². The van der Waals surface area contributed by atoms with Gasteiger partial charge >= 0.3 is 0 Å². The summed E-state index contributed by atoms with van der Waals surface area (Å²) in [5, 5.41) is 20.3. The summed E-state index contributed by atoms with van der Waals surface area (Å²) in [6.07, 6.45) is 3.49. The molecule has 0 aliphatic rings. The molecule has 88 valence electrons. The summed E-state index contributed by atoms with van der Waals surface area (Å²) in [5.74, 6) is 0.597. The van der Waals surface area contributed by atoms with Crippen LogP contribution in [0.15, 0.2) is 12.7 Å². The van der Waals surface area contributed by atoms with E-state index >= 15 is 0 Å². The fourth-order valence-electron chi connectivity index (χ4n) is 1.52. The molecule has 0 aliphatic carbocycles. The summed E-state index contributed by atoms with van der Waals surface area (Å²) in [6, 6.07) is 2.08. The molecule has 17 heavy (non-hydrogen) atoms. The minimum absolute atomic E-state index is 0.0284. The lowest BCUT2D eigenvalue weighted by Gasteiger charge is -2.04. The van der Waals surface area contributed by atoms with Crippen LogP contribution in [0, 0.1) is 11.3 Å². The second-order valence-electron chi connectivity index (χ2n) is 3.39. The molecule has 7 heteroatoms. The Morgan fingerprint density at radius 2 is 2.29 bits per heavy atom. The highest BCUT2D eigenvalue weighted by atomic mass is 16.3. The minimum atomic E-state index is 0.0284. The molecule has 0 spiro atoms. The molecule has 0 radical (unpaired) electrons. The topological polar surface area (TPSA) is 99.7 Å². The number of nitriles is 1. The van der Waals surface area contributed by atoms with E-state index in [1.165, 1.54) is 6.33 Å². The zero-order chi connectivity index (χ0) is 12.1. The number of hydrogen-bond acceptors (Lipinski definition) is 6. The number of aryl methyl sites for hydroxylation is 1. The average Bonchev–Trinajstić information content (AvgIpc) is 2.77. The Morgan fingerprint density at radius 3 is 3.06 bits per heavy atom. The summed E-state index contributed by atoms with van der Waals surface area (Å²) < 4.78 is 1.81. The van der Waals surface area contributed by atoms with E-state index in [2.05, 4.69) is 26.3 Å². The van der Waals surface area contributed by atoms with Gasteiger partial charge in [-0.2, -0.15) is 5.26 Å². The second-order valence-corrected chi connectivity index (χ2v) is 3.39. The highest BCUT2D eigenvalue weighted by molar-refractivity contribution is 5.82. The lowest BCUT2D eigenvalue weighted by molar-refractivity contribution is 0.311. The van der Waals surface area contributed by atoms with Crippen molar-refractivity contribution in [3.05, 3.63) is 12.7 Å². The van der Waals surface area contributed by atoms with Gasteiger partial charge in [-0.05, 0) is 0 Å². The summed E-state index contributed by atoms with van der Waals surface area (Å²) in [6.45, 7) is 1.00. The Morgan fingerprint density at radius 1 is 1.41 bits per heavy atom. The van der Waals surface area contributed by atoms with Crippen LogP contribution in [0.25, 0.3) is 11.2 Å². The van der Waals surface area contributed by atoms with Crippen LogP contribution in [-0.4, -0.2) is 37.8 Å². The molecule has 0 aliphatic heterocycles. The van der Waals surface area contributed by atoms with Crippen molar-refractivity contribution in [2.24, 2.45) is 0 Å². The molecule has 2 aromatic rings. The zero-order valence-electron chi connectivity index (χ0n) is 9.17. The number of aliphatic hydroxyl groups excluding tert-OH is 1. The van der Waals surface area contributed by atoms with E-state index in [-0.39, 0.29) is 6.61 Å². The van der Waals surface area contributed by atoms with Crippen molar-refractivity contribution >= 4 is 17.0 Å². The van der Waals surface area contributed by atoms with Crippen LogP contribution < -0.4 is 5.32 Å². The molecule has 0 saturated carbocycles. The van der Waals surface area contributed by atoms with E-state index in [1.807, 2.05) is 4.57 Å². The van der Waals surface area contributed by atoms with Gasteiger partial charge in [0.2, 0.25) is 0 Å². The van der Waals surface area contributed by atoms with E-state index in [4.69, 9.17) is 10.4 Å². The zero-order valence-corrected chi connectivity index (χ0v) is 9.17. The number of anilines is 1. The van der Waals surface area contributed by atoms with E-state index in [1.54, 1.807) is 6.33 Å². The minimum Gasteiger partial charge on any atom is -0.395 e. The number of aromatic nitrogens is 4. The van der Waals surface area contributed by atoms with Gasteiger partial charge in [0.1, 0.15) is 11.8 Å². The number of nitrogens with one attached hydrogen (secondary N) is 1. The Labute approximate surface area is 97.8 Å². The van der Waals surface area contributed by atoms with Gasteiger partial charge < -0.3 is 15.0 Å². The quantitative estimate of drug-likeness (QED) is 0.760. The number of imidazole rings is 1. The van der Waals surface area contributed by atoms with Crippen LogP contribution in [-0.2, 0) is 6.54 Å². The van der Waals surface area contributed by atoms with Gasteiger partial charge in [0.25, 0.3) is 0 Å². The van der Waals surface area contributed by atoms with Crippen molar-refractivity contribution in [2.75, 3.05) is 18.5 Å². The van der Waals surface area contributed by atoms with Gasteiger partial charge in [0.05, 0.1) is 25.4 Å². The van der Waals surface area contributed by atoms with Crippen LogP contribution in [0.5, 0.6) is 0 Å². The molecule has 0 fully saturated rings. The molecular weight excluding hydrogens is 220 g/mol. The van der Waals surface area contributed by atoms with Crippen LogP contribution in [0.4, 0.5) is 5.82 Å². The van der Waals surface area contributed by atoms with Crippen LogP contribution in [0.3, 0.4) is 0 Å². The highest BCUT2D eigenvalue weighted by Crippen LogP contribution is 2.16. The van der Waals surface area contributed by atoms with E-state index in [0.29, 0.717) is 36.5 Å². The number of hydrogen-bond donors (Lipinski definition) is 2. The third-order valence-electron chi connectivity index (χ3n) is 2.27. The summed E-state index contributed by atoms with van der Waals surface area (Å²) in [7, 11) is 0. The van der Waals surface area contributed by atoms with Crippen molar-refractivity contribution in [3.63, 3.8) is 0 Å². The smallest absolute Gasteiger partial charge is 0.165 e. The van der Waals surface area contributed by atoms with Gasteiger partial charge in [-0.3, -0.25) is 0 Å². The maximum atomic E-state index is 8.75. The molecule has 2 heterocycles. The molecule has 2 rings (SSSR count). The first-order chi connectivity index (χ1) is 8.36. The van der Waals surface area contributed by atoms with Crippen LogP contribution in [0.2, 0.25) is 0 Å². The number of aliphatic hydroxyl groups is 1. The maximum absolute atomic E-state index is 8.75. The first kappa shape index (κ1) is 11.3. The SMILES string of the molecule is N#CCCn1cnc2c(NCCO)ncnc21. The molecule has 0 aromatic carbocycles. The van der Waals surface area contributed by atoms with Crippen molar-refractivity contribution in [1.82, 2.24) is 19.5 Å². The van der Waals surface area contributed by atoms with E-state index in [0.717, 1.165) is 0 Å². The number of fused-ring (bicyclic) bond motifs is 1. The first-order valence-corrected chi connectivity index (χ1v) is 5.24. The third kappa shape index (κ3) is 2.32. The van der Waals surface area contributed by atoms with Crippen molar-refractivity contribution < 1.29 is 5.11 Å². The summed E-state index contributed by atoms with van der Waals surface area (Å²) >= 11 is 0. The molecule has 0 saturated heterocycles. The van der Waals surface area contributed by atoms with E-state index < -0.39 is 0 Å². The Kier molecular flexibility index (Phi) is 3.47. The predicted molar refractivity (Wildman–Crippen MR) is 61.1 cm³/mol.